The number of hydrogen-bond donors (Lipinski definition) is 2. The molecule has 5 rings (SSSR count). The van der Waals surface area contributed by atoms with Crippen molar-refractivity contribution < 1.29 is 19.4 Å². The second-order valence-electron chi connectivity index (χ2n) is 10.6. The molecule has 1 aromatic carbocycles. The van der Waals surface area contributed by atoms with Crippen LogP contribution in [0.5, 0.6) is 5.75 Å². The lowest BCUT2D eigenvalue weighted by Gasteiger charge is -2.59. The molecule has 1 saturated heterocycles. The monoisotopic (exact) mass is 572 g/mol. The number of amides is 1. The van der Waals surface area contributed by atoms with E-state index < -0.39 is 11.0 Å². The fourth-order valence-corrected chi connectivity index (χ4v) is 7.59. The van der Waals surface area contributed by atoms with Crippen LogP contribution >= 0.6 is 27.3 Å². The van der Waals surface area contributed by atoms with E-state index in [1.807, 2.05) is 35.7 Å². The molecule has 0 bridgehead atoms. The first-order chi connectivity index (χ1) is 17.3. The van der Waals surface area contributed by atoms with Crippen LogP contribution in [0, 0.1) is 5.92 Å². The first-order valence-corrected chi connectivity index (χ1v) is 14.4. The highest BCUT2D eigenvalue weighted by Gasteiger charge is 2.61. The fraction of sp³-hybridized carbons (Fsp3) is 0.500. The number of hydrogen-bond acceptors (Lipinski definition) is 6. The maximum Gasteiger partial charge on any atom is 0.303 e. The predicted molar refractivity (Wildman–Crippen MR) is 145 cm³/mol. The molecule has 3 fully saturated rings. The summed E-state index contributed by atoms with van der Waals surface area (Å²) in [6, 6.07) is 9.30. The van der Waals surface area contributed by atoms with Gasteiger partial charge in [-0.05, 0) is 96.8 Å². The molecule has 1 aromatic heterocycles. The zero-order chi connectivity index (χ0) is 25.3. The van der Waals surface area contributed by atoms with Crippen molar-refractivity contribution in [3.8, 4) is 5.75 Å². The Hall–Kier alpha value is -2.16. The third-order valence-electron chi connectivity index (χ3n) is 7.98. The topological polar surface area (TPSA) is 78.9 Å². The Labute approximate surface area is 224 Å². The molecule has 2 saturated carbocycles. The number of rotatable bonds is 7. The van der Waals surface area contributed by atoms with Gasteiger partial charge in [-0.2, -0.15) is 0 Å². The smallest absolute Gasteiger partial charge is 0.303 e. The Morgan fingerprint density at radius 3 is 2.81 bits per heavy atom. The maximum atomic E-state index is 12.8. The van der Waals surface area contributed by atoms with Crippen molar-refractivity contribution in [2.45, 2.75) is 62.5 Å². The van der Waals surface area contributed by atoms with E-state index in [9.17, 15) is 14.7 Å². The van der Waals surface area contributed by atoms with Gasteiger partial charge in [0.25, 0.3) is 0 Å². The molecule has 3 aliphatic rings. The number of piperidine rings is 1. The number of nitrogens with zero attached hydrogens (tertiary/aromatic N) is 1. The average molecular weight is 574 g/mol. The molecule has 2 aliphatic carbocycles. The normalized spacial score (nSPS) is 28.6. The van der Waals surface area contributed by atoms with Gasteiger partial charge in [-0.3, -0.25) is 14.5 Å². The summed E-state index contributed by atoms with van der Waals surface area (Å²) in [5.41, 5.74) is -0.205. The van der Waals surface area contributed by atoms with E-state index >= 15 is 0 Å². The van der Waals surface area contributed by atoms with Crippen molar-refractivity contribution >= 4 is 45.2 Å². The predicted octanol–water partition coefficient (Wildman–Crippen LogP) is 5.25. The van der Waals surface area contributed by atoms with Crippen LogP contribution in [0.25, 0.3) is 6.08 Å². The highest BCUT2D eigenvalue weighted by Crippen LogP contribution is 2.54. The Morgan fingerprint density at radius 1 is 1.28 bits per heavy atom. The summed E-state index contributed by atoms with van der Waals surface area (Å²) < 4.78 is 7.28. The summed E-state index contributed by atoms with van der Waals surface area (Å²) in [6.07, 6.45) is 8.83. The van der Waals surface area contributed by atoms with Crippen LogP contribution in [-0.4, -0.2) is 53.2 Å². The third-order valence-corrected chi connectivity index (χ3v) is 9.64. The SMILES string of the molecule is CC(=O)O[C@]12CC[C@@H](NC(=O)C=Cc3cc(Br)cs3)C[C@]1(c1cccc(O)c1)CCN(CC1CC1)C2. The van der Waals surface area contributed by atoms with Crippen LogP contribution in [0.3, 0.4) is 0 Å². The van der Waals surface area contributed by atoms with Gasteiger partial charge in [0.15, 0.2) is 0 Å². The zero-order valence-corrected chi connectivity index (χ0v) is 22.9. The fourth-order valence-electron chi connectivity index (χ4n) is 6.26. The van der Waals surface area contributed by atoms with Gasteiger partial charge in [-0.1, -0.05) is 12.1 Å². The van der Waals surface area contributed by atoms with Crippen molar-refractivity contribution in [3.63, 3.8) is 0 Å². The molecule has 0 radical (unpaired) electrons. The van der Waals surface area contributed by atoms with Gasteiger partial charge < -0.3 is 15.2 Å². The molecule has 0 unspecified atom stereocenters. The molecule has 2 aromatic rings. The highest BCUT2D eigenvalue weighted by molar-refractivity contribution is 9.10. The lowest BCUT2D eigenvalue weighted by atomic mass is 9.55. The number of benzene rings is 1. The number of thiophene rings is 1. The van der Waals surface area contributed by atoms with Crippen LogP contribution in [0.1, 0.15) is 55.9 Å². The van der Waals surface area contributed by atoms with Gasteiger partial charge in [0.05, 0.1) is 0 Å². The summed E-state index contributed by atoms with van der Waals surface area (Å²) in [6.45, 7) is 4.13. The quantitative estimate of drug-likeness (QED) is 0.350. The Bertz CT molecular complexity index is 1160. The Balaban J connectivity index is 1.42. The number of nitrogens with one attached hydrogen (secondary N) is 1. The number of phenolic OH excluding ortho intramolecular Hbond substituents is 1. The van der Waals surface area contributed by atoms with Crippen molar-refractivity contribution in [2.75, 3.05) is 19.6 Å². The molecule has 8 heteroatoms. The number of fused-ring (bicyclic) bond motifs is 1. The minimum atomic E-state index is -0.694. The van der Waals surface area contributed by atoms with Crippen molar-refractivity contribution in [3.05, 3.63) is 56.7 Å². The Morgan fingerprint density at radius 2 is 2.11 bits per heavy atom. The largest absolute Gasteiger partial charge is 0.508 e. The molecular formula is C28H33BrN2O4S. The van der Waals surface area contributed by atoms with Gasteiger partial charge >= 0.3 is 5.97 Å². The molecule has 1 aliphatic heterocycles. The summed E-state index contributed by atoms with van der Waals surface area (Å²) >= 11 is 5.02. The number of ether oxygens (including phenoxy) is 1. The van der Waals surface area contributed by atoms with Crippen LogP contribution in [0.2, 0.25) is 0 Å². The average Bonchev–Trinajstić information content (AvgIpc) is 3.55. The highest BCUT2D eigenvalue weighted by atomic mass is 79.9. The lowest BCUT2D eigenvalue weighted by Crippen LogP contribution is -2.68. The van der Waals surface area contributed by atoms with Crippen LogP contribution in [0.4, 0.5) is 0 Å². The Kier molecular flexibility index (Phi) is 7.30. The van der Waals surface area contributed by atoms with Gasteiger partial charge in [0.2, 0.25) is 5.91 Å². The number of aromatic hydroxyl groups is 1. The molecule has 1 amide bonds. The summed E-state index contributed by atoms with van der Waals surface area (Å²) in [5.74, 6) is 0.552. The van der Waals surface area contributed by atoms with Gasteiger partial charge in [0.1, 0.15) is 11.4 Å². The van der Waals surface area contributed by atoms with Gasteiger partial charge in [0, 0.05) is 52.3 Å². The zero-order valence-electron chi connectivity index (χ0n) is 20.5. The molecular weight excluding hydrogens is 540 g/mol. The summed E-state index contributed by atoms with van der Waals surface area (Å²) in [7, 11) is 0. The number of carbonyl (C=O) groups is 2. The molecule has 192 valence electrons. The number of esters is 1. The molecule has 2 N–H and O–H groups in total. The first-order valence-electron chi connectivity index (χ1n) is 12.7. The molecule has 3 atom stereocenters. The minimum absolute atomic E-state index is 0.0572. The molecule has 6 nitrogen and oxygen atoms in total. The van der Waals surface area contributed by atoms with Crippen molar-refractivity contribution in [1.29, 1.82) is 0 Å². The van der Waals surface area contributed by atoms with Crippen molar-refractivity contribution in [2.24, 2.45) is 5.92 Å². The first kappa shape index (κ1) is 25.5. The standard InChI is InChI=1S/C28H33BrN2O4S/c1-19(32)35-28-10-9-23(30-26(34)8-7-25-14-22(29)17-36-25)15-27(28,21-3-2-4-24(33)13-21)11-12-31(18-28)16-20-5-6-20/h2-4,7-8,13-14,17,20,23,33H,5-6,9-12,15-16,18H2,1H3,(H,30,34)/t23-,27+,28+/m1/s1. The van der Waals surface area contributed by atoms with E-state index in [1.54, 1.807) is 23.5 Å². The third kappa shape index (κ3) is 5.41. The van der Waals surface area contributed by atoms with Crippen LogP contribution in [-0.2, 0) is 19.7 Å². The molecule has 36 heavy (non-hydrogen) atoms. The summed E-state index contributed by atoms with van der Waals surface area (Å²) in [4.78, 5) is 28.8. The second kappa shape index (κ2) is 10.3. The molecule has 0 spiro atoms. The van der Waals surface area contributed by atoms with E-state index in [0.717, 1.165) is 46.8 Å². The van der Waals surface area contributed by atoms with Crippen molar-refractivity contribution in [1.82, 2.24) is 10.2 Å². The number of likely N-dealkylation sites (tertiary alicyclic amines) is 1. The maximum absolute atomic E-state index is 12.8. The lowest BCUT2D eigenvalue weighted by molar-refractivity contribution is -0.187. The van der Waals surface area contributed by atoms with E-state index in [-0.39, 0.29) is 23.7 Å². The van der Waals surface area contributed by atoms with E-state index in [1.165, 1.54) is 19.8 Å². The minimum Gasteiger partial charge on any atom is -0.508 e. The van der Waals surface area contributed by atoms with Crippen LogP contribution < -0.4 is 5.32 Å². The number of carbonyl (C=O) groups excluding carboxylic acids is 2. The summed E-state index contributed by atoms with van der Waals surface area (Å²) in [5, 5.41) is 15.6. The molecule has 2 heterocycles. The number of halogens is 1. The van der Waals surface area contributed by atoms with E-state index in [4.69, 9.17) is 4.74 Å². The van der Waals surface area contributed by atoms with E-state index in [0.29, 0.717) is 19.4 Å². The van der Waals surface area contributed by atoms with E-state index in [2.05, 4.69) is 26.1 Å². The van der Waals surface area contributed by atoms with Gasteiger partial charge in [-0.15, -0.1) is 11.3 Å². The number of phenols is 1. The van der Waals surface area contributed by atoms with Gasteiger partial charge in [-0.25, -0.2) is 0 Å². The van der Waals surface area contributed by atoms with Crippen LogP contribution in [0.15, 0.2) is 46.3 Å². The second-order valence-corrected chi connectivity index (χ2v) is 12.5.